The molecule has 1 saturated heterocycles. The number of rotatable bonds is 4. The number of hydrogen-bond donors (Lipinski definition) is 2. The largest absolute Gasteiger partial charge is 0.461 e. The van der Waals surface area contributed by atoms with E-state index in [4.69, 9.17) is 42.8 Å². The van der Waals surface area contributed by atoms with E-state index in [9.17, 15) is 14.6 Å². The maximum Gasteiger partial charge on any atom is 0.358 e. The van der Waals surface area contributed by atoms with E-state index in [1.807, 2.05) is 0 Å². The lowest BCUT2D eigenvalue weighted by Gasteiger charge is -2.37. The molecule has 0 aromatic heterocycles. The van der Waals surface area contributed by atoms with Crippen molar-refractivity contribution in [3.8, 4) is 11.5 Å². The molecule has 1 aliphatic rings. The van der Waals surface area contributed by atoms with Crippen molar-refractivity contribution in [3.05, 3.63) is 59.4 Å². The highest BCUT2D eigenvalue weighted by atomic mass is 35.5. The lowest BCUT2D eigenvalue weighted by Crippen LogP contribution is -2.56. The van der Waals surface area contributed by atoms with Gasteiger partial charge in [0.1, 0.15) is 29.5 Å². The SMILES string of the molecule is O[C@@H]1[C@@H](OC(=S)Oc2ccc(F)cc2)[C@@H](Oc2ccc(Cl)cc2)OC[C@H]1O. The van der Waals surface area contributed by atoms with Gasteiger partial charge < -0.3 is 29.2 Å². The Hall–Kier alpha value is -1.97. The molecule has 144 valence electrons. The number of thiocarbonyl (C=S) groups is 1. The lowest BCUT2D eigenvalue weighted by atomic mass is 10.1. The van der Waals surface area contributed by atoms with Crippen LogP contribution in [-0.2, 0) is 9.47 Å². The summed E-state index contributed by atoms with van der Waals surface area (Å²) in [6, 6.07) is 11.6. The Morgan fingerprint density at radius 1 is 1.07 bits per heavy atom. The van der Waals surface area contributed by atoms with Crippen molar-refractivity contribution in [2.45, 2.75) is 24.6 Å². The quantitative estimate of drug-likeness (QED) is 0.745. The van der Waals surface area contributed by atoms with Gasteiger partial charge in [-0.3, -0.25) is 0 Å². The summed E-state index contributed by atoms with van der Waals surface area (Å²) in [6.07, 6.45) is -4.73. The molecule has 0 spiro atoms. The molecule has 2 aromatic rings. The second-order valence-electron chi connectivity index (χ2n) is 5.72. The van der Waals surface area contributed by atoms with Crippen molar-refractivity contribution in [1.29, 1.82) is 0 Å². The average Bonchev–Trinajstić information content (AvgIpc) is 2.65. The van der Waals surface area contributed by atoms with Gasteiger partial charge >= 0.3 is 5.24 Å². The second kappa shape index (κ2) is 8.81. The van der Waals surface area contributed by atoms with Crippen LogP contribution in [0.3, 0.4) is 0 Å². The van der Waals surface area contributed by atoms with Crippen molar-refractivity contribution < 1.29 is 33.6 Å². The Labute approximate surface area is 165 Å². The Balaban J connectivity index is 1.68. The molecule has 2 N–H and O–H groups in total. The van der Waals surface area contributed by atoms with Gasteiger partial charge in [-0.15, -0.1) is 0 Å². The Morgan fingerprint density at radius 2 is 1.70 bits per heavy atom. The van der Waals surface area contributed by atoms with Gasteiger partial charge in [-0.1, -0.05) is 11.6 Å². The smallest absolute Gasteiger partial charge is 0.358 e. The lowest BCUT2D eigenvalue weighted by molar-refractivity contribution is -0.239. The summed E-state index contributed by atoms with van der Waals surface area (Å²) in [4.78, 5) is 0. The van der Waals surface area contributed by atoms with Crippen molar-refractivity contribution in [3.63, 3.8) is 0 Å². The monoisotopic (exact) mass is 414 g/mol. The number of ether oxygens (including phenoxy) is 4. The van der Waals surface area contributed by atoms with Crippen LogP contribution in [0, 0.1) is 5.82 Å². The number of benzene rings is 2. The number of aliphatic hydroxyl groups is 2. The minimum absolute atomic E-state index is 0.148. The summed E-state index contributed by atoms with van der Waals surface area (Å²) in [5, 5.41) is 20.3. The van der Waals surface area contributed by atoms with Gasteiger partial charge in [0.2, 0.25) is 6.29 Å². The molecule has 0 amide bonds. The molecule has 0 radical (unpaired) electrons. The van der Waals surface area contributed by atoms with Gasteiger partial charge in [0.25, 0.3) is 0 Å². The van der Waals surface area contributed by atoms with E-state index in [2.05, 4.69) is 0 Å². The third-order valence-corrected chi connectivity index (χ3v) is 4.17. The van der Waals surface area contributed by atoms with Gasteiger partial charge in [0.15, 0.2) is 6.10 Å². The van der Waals surface area contributed by atoms with Crippen LogP contribution in [0.25, 0.3) is 0 Å². The standard InChI is InChI=1S/C18H16ClFO6S/c19-10-1-5-12(6-2-10)24-17-16(15(22)14(21)9-23-17)26-18(27)25-13-7-3-11(20)4-8-13/h1-8,14-17,21-22H,9H2/t14-,15+,16-,17-/m1/s1. The van der Waals surface area contributed by atoms with Crippen LogP contribution in [0.4, 0.5) is 4.39 Å². The Morgan fingerprint density at radius 3 is 2.37 bits per heavy atom. The molecule has 2 aromatic carbocycles. The van der Waals surface area contributed by atoms with Crippen LogP contribution in [-0.4, -0.2) is 46.7 Å². The summed E-state index contributed by atoms with van der Waals surface area (Å²) < 4.78 is 34.8. The minimum atomic E-state index is -1.33. The highest BCUT2D eigenvalue weighted by molar-refractivity contribution is 7.79. The zero-order chi connectivity index (χ0) is 19.4. The maximum absolute atomic E-state index is 13.0. The molecule has 0 saturated carbocycles. The third kappa shape index (κ3) is 5.27. The predicted molar refractivity (Wildman–Crippen MR) is 98.3 cm³/mol. The van der Waals surface area contributed by atoms with Crippen LogP contribution < -0.4 is 9.47 Å². The number of hydrogen-bond acceptors (Lipinski definition) is 7. The van der Waals surface area contributed by atoms with Gasteiger partial charge in [-0.05, 0) is 48.5 Å². The highest BCUT2D eigenvalue weighted by Crippen LogP contribution is 2.25. The molecular weight excluding hydrogens is 399 g/mol. The van der Waals surface area contributed by atoms with E-state index in [0.717, 1.165) is 0 Å². The summed E-state index contributed by atoms with van der Waals surface area (Å²) in [7, 11) is 0. The van der Waals surface area contributed by atoms with Crippen molar-refractivity contribution in [2.24, 2.45) is 0 Å². The van der Waals surface area contributed by atoms with Crippen LogP contribution >= 0.6 is 23.8 Å². The molecule has 0 unspecified atom stereocenters. The first-order valence-electron chi connectivity index (χ1n) is 7.96. The van der Waals surface area contributed by atoms with Crippen LogP contribution in [0.15, 0.2) is 48.5 Å². The normalized spacial score (nSPS) is 24.9. The van der Waals surface area contributed by atoms with E-state index in [-0.39, 0.29) is 17.6 Å². The molecule has 27 heavy (non-hydrogen) atoms. The average molecular weight is 415 g/mol. The molecule has 0 bridgehead atoms. The Bertz CT molecular complexity index is 772. The molecular formula is C18H16ClFO6S. The molecule has 1 fully saturated rings. The minimum Gasteiger partial charge on any atom is -0.461 e. The first-order valence-corrected chi connectivity index (χ1v) is 8.75. The first kappa shape index (κ1) is 19.8. The maximum atomic E-state index is 13.0. The van der Waals surface area contributed by atoms with Crippen molar-refractivity contribution in [2.75, 3.05) is 6.61 Å². The van der Waals surface area contributed by atoms with Gasteiger partial charge in [0, 0.05) is 17.2 Å². The fourth-order valence-corrected chi connectivity index (χ4v) is 2.71. The van der Waals surface area contributed by atoms with Crippen LogP contribution in [0.1, 0.15) is 0 Å². The van der Waals surface area contributed by atoms with E-state index in [1.165, 1.54) is 24.3 Å². The topological polar surface area (TPSA) is 77.4 Å². The zero-order valence-corrected chi connectivity index (χ0v) is 15.4. The van der Waals surface area contributed by atoms with Crippen molar-refractivity contribution in [1.82, 2.24) is 0 Å². The second-order valence-corrected chi connectivity index (χ2v) is 6.49. The van der Waals surface area contributed by atoms with Crippen molar-refractivity contribution >= 4 is 29.1 Å². The van der Waals surface area contributed by atoms with E-state index >= 15 is 0 Å². The number of aliphatic hydroxyl groups excluding tert-OH is 2. The van der Waals surface area contributed by atoms with Gasteiger partial charge in [-0.2, -0.15) is 0 Å². The predicted octanol–water partition coefficient (Wildman–Crippen LogP) is 2.69. The summed E-state index contributed by atoms with van der Waals surface area (Å²) in [5.74, 6) is 0.250. The fourth-order valence-electron chi connectivity index (χ4n) is 2.37. The van der Waals surface area contributed by atoms with E-state index in [0.29, 0.717) is 10.8 Å². The third-order valence-electron chi connectivity index (χ3n) is 3.74. The first-order chi connectivity index (χ1) is 12.9. The molecule has 6 nitrogen and oxygen atoms in total. The summed E-state index contributed by atoms with van der Waals surface area (Å²) in [5.41, 5.74) is 0. The number of halogens is 2. The van der Waals surface area contributed by atoms with Crippen LogP contribution in [0.5, 0.6) is 11.5 Å². The van der Waals surface area contributed by atoms with Crippen LogP contribution in [0.2, 0.25) is 5.02 Å². The molecule has 3 rings (SSSR count). The fraction of sp³-hybridized carbons (Fsp3) is 0.278. The van der Waals surface area contributed by atoms with Gasteiger partial charge in [-0.25, -0.2) is 4.39 Å². The molecule has 1 heterocycles. The molecule has 1 aliphatic heterocycles. The van der Waals surface area contributed by atoms with E-state index in [1.54, 1.807) is 24.3 Å². The summed E-state index contributed by atoms with van der Waals surface area (Å²) in [6.45, 7) is -0.148. The highest BCUT2D eigenvalue weighted by Gasteiger charge is 2.43. The van der Waals surface area contributed by atoms with Gasteiger partial charge in [0.05, 0.1) is 6.61 Å². The Kier molecular flexibility index (Phi) is 6.46. The molecule has 9 heteroatoms. The molecule has 0 aliphatic carbocycles. The van der Waals surface area contributed by atoms with E-state index < -0.39 is 30.4 Å². The molecule has 4 atom stereocenters. The summed E-state index contributed by atoms with van der Waals surface area (Å²) >= 11 is 10.9. The zero-order valence-electron chi connectivity index (χ0n) is 13.8.